The van der Waals surface area contributed by atoms with Crippen molar-refractivity contribution in [2.24, 2.45) is 0 Å². The van der Waals surface area contributed by atoms with Crippen LogP contribution < -0.4 is 10.7 Å². The molecule has 1 saturated carbocycles. The van der Waals surface area contributed by atoms with Gasteiger partial charge in [-0.15, -0.1) is 0 Å². The van der Waals surface area contributed by atoms with Gasteiger partial charge in [0.1, 0.15) is 5.57 Å². The van der Waals surface area contributed by atoms with Crippen LogP contribution in [0.15, 0.2) is 107 Å². The maximum Gasteiger partial charge on any atom is 0.334 e. The monoisotopic (exact) mass is 786 g/mol. The molecule has 304 valence electrons. The molecule has 1 aliphatic heterocycles. The first-order valence-corrected chi connectivity index (χ1v) is 22.0. The van der Waals surface area contributed by atoms with Gasteiger partial charge in [-0.05, 0) is 112 Å². The third kappa shape index (κ3) is 6.82. The van der Waals surface area contributed by atoms with Gasteiger partial charge in [0.25, 0.3) is 11.8 Å². The van der Waals surface area contributed by atoms with Crippen molar-refractivity contribution in [2.75, 3.05) is 6.54 Å². The Kier molecular flexibility index (Phi) is 11.2. The molecule has 8 rings (SSSR count). The molecule has 0 radical (unpaired) electrons. The van der Waals surface area contributed by atoms with Crippen molar-refractivity contribution in [3.63, 3.8) is 0 Å². The fourth-order valence-electron chi connectivity index (χ4n) is 9.95. The lowest BCUT2D eigenvalue weighted by atomic mass is 9.94. The van der Waals surface area contributed by atoms with Crippen LogP contribution in [0.5, 0.6) is 0 Å². The Bertz CT molecular complexity index is 2660. The van der Waals surface area contributed by atoms with Crippen LogP contribution in [-0.2, 0) is 9.59 Å². The van der Waals surface area contributed by atoms with Crippen molar-refractivity contribution in [2.45, 2.75) is 118 Å². The molecule has 0 bridgehead atoms. The van der Waals surface area contributed by atoms with Gasteiger partial charge < -0.3 is 9.13 Å². The van der Waals surface area contributed by atoms with Gasteiger partial charge in [0.15, 0.2) is 0 Å². The average molecular weight is 787 g/mol. The van der Waals surface area contributed by atoms with E-state index in [-0.39, 0.29) is 24.2 Å². The van der Waals surface area contributed by atoms with Crippen molar-refractivity contribution in [1.82, 2.24) is 18.9 Å². The number of urea groups is 1. The third-order valence-corrected chi connectivity index (χ3v) is 12.7. The van der Waals surface area contributed by atoms with E-state index in [0.717, 1.165) is 53.9 Å². The topological polar surface area (TPSA) is 67.6 Å². The SMILES string of the molecule is CCCCN1C(=O)C(=C2/C(=C/C=c3\c4cccc5cccc(c54)n3C(C)CCC)CC/C2=C\C=c2/c3cccc4cccc(c43)n2C(C)CCC)C(=O)N(C(C)C)C1=O. The maximum atomic E-state index is 14.7. The second kappa shape index (κ2) is 16.5. The van der Waals surface area contributed by atoms with Crippen LogP contribution in [0.1, 0.15) is 112 Å². The molecule has 59 heavy (non-hydrogen) atoms. The molecule has 0 N–H and O–H groups in total. The summed E-state index contributed by atoms with van der Waals surface area (Å²) in [4.78, 5) is 45.8. The van der Waals surface area contributed by atoms with E-state index in [9.17, 15) is 14.4 Å². The fraction of sp³-hybridized carbons (Fsp3) is 0.365. The van der Waals surface area contributed by atoms with E-state index in [0.29, 0.717) is 24.8 Å². The summed E-state index contributed by atoms with van der Waals surface area (Å²) >= 11 is 0. The second-order valence-electron chi connectivity index (χ2n) is 17.0. The molecule has 7 nitrogen and oxygen atoms in total. The summed E-state index contributed by atoms with van der Waals surface area (Å²) in [5, 5.41) is 9.55. The Morgan fingerprint density at radius 2 is 1.05 bits per heavy atom. The molecule has 7 heteroatoms. The van der Waals surface area contributed by atoms with E-state index < -0.39 is 23.9 Å². The molecule has 3 heterocycles. The summed E-state index contributed by atoms with van der Waals surface area (Å²) in [6.07, 6.45) is 15.7. The third-order valence-electron chi connectivity index (χ3n) is 12.7. The number of amides is 4. The molecule has 1 aliphatic carbocycles. The predicted molar refractivity (Wildman–Crippen MR) is 244 cm³/mol. The van der Waals surface area contributed by atoms with Crippen molar-refractivity contribution < 1.29 is 14.4 Å². The van der Waals surface area contributed by atoms with E-state index in [4.69, 9.17) is 0 Å². The zero-order valence-corrected chi connectivity index (χ0v) is 35.8. The van der Waals surface area contributed by atoms with Gasteiger partial charge in [-0.2, -0.15) is 0 Å². The molecule has 1 saturated heterocycles. The van der Waals surface area contributed by atoms with Crippen molar-refractivity contribution in [1.29, 1.82) is 0 Å². The van der Waals surface area contributed by atoms with Crippen LogP contribution in [0.25, 0.3) is 55.5 Å². The highest BCUT2D eigenvalue weighted by atomic mass is 16.2. The van der Waals surface area contributed by atoms with Crippen LogP contribution in [0, 0.1) is 0 Å². The number of carbonyl (C=O) groups is 3. The normalized spacial score (nSPS) is 18.7. The Labute approximate surface area is 348 Å². The number of unbranched alkanes of at least 4 members (excludes halogenated alkanes) is 1. The van der Waals surface area contributed by atoms with E-state index in [1.54, 1.807) is 0 Å². The molecule has 2 aliphatic rings. The Hall–Kier alpha value is -5.69. The van der Waals surface area contributed by atoms with Crippen molar-refractivity contribution in [3.8, 4) is 0 Å². The van der Waals surface area contributed by atoms with Crippen LogP contribution in [0.3, 0.4) is 0 Å². The first kappa shape index (κ1) is 40.1. The Balaban J connectivity index is 1.40. The summed E-state index contributed by atoms with van der Waals surface area (Å²) < 4.78 is 4.93. The molecule has 0 spiro atoms. The van der Waals surface area contributed by atoms with Crippen LogP contribution in [0.2, 0.25) is 0 Å². The van der Waals surface area contributed by atoms with E-state index in [1.165, 1.54) is 53.2 Å². The summed E-state index contributed by atoms with van der Waals surface area (Å²) in [6, 6.07) is 25.7. The highest BCUT2D eigenvalue weighted by molar-refractivity contribution is 6.30. The van der Waals surface area contributed by atoms with Crippen LogP contribution in [-0.4, -0.2) is 49.4 Å². The van der Waals surface area contributed by atoms with Gasteiger partial charge in [0.2, 0.25) is 0 Å². The molecule has 2 atom stereocenters. The highest BCUT2D eigenvalue weighted by Gasteiger charge is 2.45. The number of barbiturate groups is 1. The molecule has 2 fully saturated rings. The molecule has 6 aromatic rings. The fourth-order valence-corrected chi connectivity index (χ4v) is 9.95. The number of aromatic nitrogens is 2. The van der Waals surface area contributed by atoms with Gasteiger partial charge in [0.05, 0.1) is 0 Å². The largest absolute Gasteiger partial charge is 0.338 e. The number of nitrogens with zero attached hydrogens (tertiary/aromatic N) is 4. The lowest BCUT2D eigenvalue weighted by Gasteiger charge is -2.37. The van der Waals surface area contributed by atoms with Gasteiger partial charge in [-0.3, -0.25) is 19.4 Å². The smallest absolute Gasteiger partial charge is 0.334 e. The summed E-state index contributed by atoms with van der Waals surface area (Å²) in [5.41, 5.74) is 5.06. The molecule has 2 unspecified atom stereocenters. The number of allylic oxidation sites excluding steroid dienone is 5. The average Bonchev–Trinajstić information content (AvgIpc) is 3.88. The lowest BCUT2D eigenvalue weighted by Crippen LogP contribution is -2.58. The molecule has 2 aromatic heterocycles. The van der Waals surface area contributed by atoms with Crippen LogP contribution in [0.4, 0.5) is 4.79 Å². The maximum absolute atomic E-state index is 14.7. The number of hydrogen-bond acceptors (Lipinski definition) is 3. The standard InChI is InChI=1S/C52H58N4O3/c1-8-11-32-53-50(57)49(51(58)54(33(4)5)52(53)59)46-38(28-30-42-40-22-12-18-36-20-14-24-44(47(36)40)55(42)34(6)16-9-2)26-27-39(46)29-31-43-41-23-13-19-37-21-15-25-45(48(37)41)56(43)35(7)17-10-3/h12-15,18-25,28-31,33-35H,8-11,16-17,26-27,32H2,1-7H3/b38-28+,39-29+,42-30+,43-31+,49-46?. The zero-order valence-electron chi connectivity index (χ0n) is 35.8. The lowest BCUT2D eigenvalue weighted by molar-refractivity contribution is -0.137. The second-order valence-corrected chi connectivity index (χ2v) is 17.0. The Morgan fingerprint density at radius 1 is 0.576 bits per heavy atom. The summed E-state index contributed by atoms with van der Waals surface area (Å²) in [5.74, 6) is -1.00. The number of carbonyl (C=O) groups excluding carboxylic acids is 3. The first-order valence-electron chi connectivity index (χ1n) is 22.0. The summed E-state index contributed by atoms with van der Waals surface area (Å²) in [6.45, 7) is 15.0. The number of benzene rings is 4. The minimum absolute atomic E-state index is 0.0993. The van der Waals surface area contributed by atoms with Gasteiger partial charge in [-0.1, -0.05) is 113 Å². The summed E-state index contributed by atoms with van der Waals surface area (Å²) in [7, 11) is 0. The highest BCUT2D eigenvalue weighted by Crippen LogP contribution is 2.41. The first-order chi connectivity index (χ1) is 28.6. The Morgan fingerprint density at radius 3 is 1.49 bits per heavy atom. The molecular weight excluding hydrogens is 729 g/mol. The van der Waals surface area contributed by atoms with Crippen molar-refractivity contribution >= 4 is 73.3 Å². The van der Waals surface area contributed by atoms with Crippen LogP contribution >= 0.6 is 0 Å². The minimum atomic E-state index is -0.527. The molecule has 4 aromatic carbocycles. The molecular formula is C52H58N4O3. The number of hydrogen-bond donors (Lipinski definition) is 0. The van der Waals surface area contributed by atoms with Gasteiger partial charge in [0, 0.05) is 67.9 Å². The van der Waals surface area contributed by atoms with E-state index in [1.807, 2.05) is 20.8 Å². The number of imide groups is 2. The zero-order chi connectivity index (χ0) is 41.5. The van der Waals surface area contributed by atoms with Gasteiger partial charge in [-0.25, -0.2) is 4.79 Å². The predicted octanol–water partition coefficient (Wildman–Crippen LogP) is 11.3. The van der Waals surface area contributed by atoms with Crippen molar-refractivity contribution in [3.05, 3.63) is 118 Å². The quantitative estimate of drug-likeness (QED) is 0.0916. The van der Waals surface area contributed by atoms with E-state index in [2.05, 4.69) is 134 Å². The number of rotatable bonds is 12. The van der Waals surface area contributed by atoms with E-state index >= 15 is 0 Å². The molecule has 4 amide bonds. The van der Waals surface area contributed by atoms with Gasteiger partial charge >= 0.3 is 6.03 Å². The minimum Gasteiger partial charge on any atom is -0.338 e.